The molecule has 0 aliphatic carbocycles. The van der Waals surface area contributed by atoms with Crippen LogP contribution in [-0.2, 0) is 9.59 Å². The summed E-state index contributed by atoms with van der Waals surface area (Å²) in [6.07, 6.45) is 0.340. The van der Waals surface area contributed by atoms with E-state index in [9.17, 15) is 9.59 Å². The Morgan fingerprint density at radius 3 is 2.09 bits per heavy atom. The zero-order chi connectivity index (χ0) is 9.07. The molecule has 0 aliphatic rings. The van der Waals surface area contributed by atoms with Gasteiger partial charge in [0.05, 0.1) is 4.43 Å². The number of ketones is 2. The van der Waals surface area contributed by atoms with Crippen LogP contribution in [0.4, 0.5) is 0 Å². The van der Waals surface area contributed by atoms with Gasteiger partial charge in [0.1, 0.15) is 7.21 Å². The maximum Gasteiger partial charge on any atom is 0.155 e. The lowest BCUT2D eigenvalue weighted by atomic mass is 10.2. The maximum atomic E-state index is 11.0. The first kappa shape index (κ1) is 12.5. The van der Waals surface area contributed by atoms with Gasteiger partial charge in [0.2, 0.25) is 0 Å². The van der Waals surface area contributed by atoms with Gasteiger partial charge in [-0.2, -0.15) is 0 Å². The minimum absolute atomic E-state index is 0.0527. The molecular formula is C6H7I3O2. The highest BCUT2D eigenvalue weighted by atomic mass is 127. The van der Waals surface area contributed by atoms with E-state index < -0.39 is 1.43 Å². The molecule has 0 bridgehead atoms. The number of rotatable bonds is 4. The van der Waals surface area contributed by atoms with Crippen LogP contribution in [0.3, 0.4) is 0 Å². The summed E-state index contributed by atoms with van der Waals surface area (Å²) in [6, 6.07) is 0. The summed E-state index contributed by atoms with van der Waals surface area (Å²) < 4.78 is -0.0451. The minimum atomic E-state index is -0.530. The lowest BCUT2D eigenvalue weighted by molar-refractivity contribution is -0.121. The largest absolute Gasteiger partial charge is 0.299 e. The number of Topliss-reactive ketones (excluding diaryl/α,β-unsaturated/α-hetero) is 2. The number of hydrogen-bond donors (Lipinski definition) is 0. The summed E-state index contributed by atoms with van der Waals surface area (Å²) in [4.78, 5) is 21.9. The Labute approximate surface area is 107 Å². The van der Waals surface area contributed by atoms with Gasteiger partial charge in [-0.3, -0.25) is 9.59 Å². The SMILES string of the molecule is CC(=O)C(I)(I)CC(=O)CI. The highest BCUT2D eigenvalue weighted by Gasteiger charge is 2.30. The third kappa shape index (κ3) is 4.96. The van der Waals surface area contributed by atoms with E-state index in [1.807, 2.05) is 67.8 Å². The van der Waals surface area contributed by atoms with Crippen LogP contribution in [0, 0.1) is 0 Å². The molecule has 0 N–H and O–H groups in total. The average molecular weight is 492 g/mol. The van der Waals surface area contributed by atoms with E-state index in [-0.39, 0.29) is 11.6 Å². The number of alkyl halides is 3. The van der Waals surface area contributed by atoms with Crippen LogP contribution in [0.15, 0.2) is 0 Å². The smallest absolute Gasteiger partial charge is 0.155 e. The van der Waals surface area contributed by atoms with Crippen molar-refractivity contribution >= 4 is 79.3 Å². The highest BCUT2D eigenvalue weighted by molar-refractivity contribution is 14.2. The molecule has 5 heteroatoms. The van der Waals surface area contributed by atoms with E-state index in [0.717, 1.165) is 0 Å². The van der Waals surface area contributed by atoms with Crippen molar-refractivity contribution in [3.05, 3.63) is 0 Å². The molecule has 0 aliphatic heterocycles. The molecule has 0 rings (SSSR count). The van der Waals surface area contributed by atoms with Gasteiger partial charge >= 0.3 is 0 Å². The van der Waals surface area contributed by atoms with E-state index in [4.69, 9.17) is 0 Å². The molecule has 0 radical (unpaired) electrons. The van der Waals surface area contributed by atoms with Crippen molar-refractivity contribution in [3.8, 4) is 0 Å². The monoisotopic (exact) mass is 492 g/mol. The van der Waals surface area contributed by atoms with Crippen LogP contribution >= 0.6 is 67.8 Å². The summed E-state index contributed by atoms with van der Waals surface area (Å²) in [5.74, 6) is 0.182. The fourth-order valence-electron chi connectivity index (χ4n) is 0.419. The van der Waals surface area contributed by atoms with Crippen LogP contribution in [0.25, 0.3) is 0 Å². The molecule has 11 heavy (non-hydrogen) atoms. The van der Waals surface area contributed by atoms with Gasteiger partial charge in [0.25, 0.3) is 0 Å². The zero-order valence-electron chi connectivity index (χ0n) is 5.86. The number of halogens is 3. The van der Waals surface area contributed by atoms with Crippen molar-refractivity contribution in [1.82, 2.24) is 0 Å². The van der Waals surface area contributed by atoms with Crippen LogP contribution < -0.4 is 0 Å². The Hall–Kier alpha value is 1.53. The first-order valence-corrected chi connectivity index (χ1v) is 6.55. The molecule has 0 saturated carbocycles. The molecule has 0 saturated heterocycles. The van der Waals surface area contributed by atoms with Gasteiger partial charge in [-0.1, -0.05) is 67.8 Å². The van der Waals surface area contributed by atoms with Gasteiger partial charge in [-0.15, -0.1) is 0 Å². The van der Waals surface area contributed by atoms with E-state index >= 15 is 0 Å². The van der Waals surface area contributed by atoms with Crippen LogP contribution in [0.2, 0.25) is 0 Å². The van der Waals surface area contributed by atoms with Gasteiger partial charge in [-0.05, 0) is 6.92 Å². The molecule has 0 unspecified atom stereocenters. The van der Waals surface area contributed by atoms with Crippen molar-refractivity contribution in [2.45, 2.75) is 14.8 Å². The van der Waals surface area contributed by atoms with Crippen LogP contribution in [0.5, 0.6) is 0 Å². The Bertz CT molecular complexity index is 177. The van der Waals surface area contributed by atoms with E-state index in [1.54, 1.807) is 0 Å². The summed E-state index contributed by atoms with van der Waals surface area (Å²) in [5, 5.41) is 0. The third-order valence-electron chi connectivity index (χ3n) is 1.08. The molecule has 0 atom stereocenters. The molecule has 0 aromatic heterocycles. The number of carbonyl (C=O) groups is 2. The second-order valence-corrected chi connectivity index (χ2v) is 8.62. The third-order valence-corrected chi connectivity index (χ3v) is 4.22. The van der Waals surface area contributed by atoms with E-state index in [1.165, 1.54) is 6.92 Å². The van der Waals surface area contributed by atoms with Gasteiger partial charge in [0.15, 0.2) is 5.78 Å². The second kappa shape index (κ2) is 5.30. The second-order valence-electron chi connectivity index (χ2n) is 2.11. The molecule has 2 nitrogen and oxygen atoms in total. The topological polar surface area (TPSA) is 34.1 Å². The highest BCUT2D eigenvalue weighted by Crippen LogP contribution is 2.32. The van der Waals surface area contributed by atoms with Gasteiger partial charge in [-0.25, -0.2) is 0 Å². The molecule has 0 aromatic carbocycles. The summed E-state index contributed by atoms with van der Waals surface area (Å²) >= 11 is 6.04. The fraction of sp³-hybridized carbons (Fsp3) is 0.667. The normalized spacial score (nSPS) is 11.3. The molecule has 0 heterocycles. The summed E-state index contributed by atoms with van der Waals surface area (Å²) in [6.45, 7) is 1.51. The van der Waals surface area contributed by atoms with Crippen LogP contribution in [-0.4, -0.2) is 17.4 Å². The molecule has 0 fully saturated rings. The Balaban J connectivity index is 4.12. The van der Waals surface area contributed by atoms with Crippen molar-refractivity contribution in [1.29, 1.82) is 0 Å². The van der Waals surface area contributed by atoms with E-state index in [0.29, 0.717) is 10.8 Å². The quantitative estimate of drug-likeness (QED) is 0.447. The Kier molecular flexibility index (Phi) is 6.04. The predicted octanol–water partition coefficient (Wildman–Crippen LogP) is 2.54. The van der Waals surface area contributed by atoms with Crippen molar-refractivity contribution in [3.63, 3.8) is 0 Å². The number of hydrogen-bond acceptors (Lipinski definition) is 2. The first-order chi connectivity index (χ1) is 4.90. The standard InChI is InChI=1S/C6H7I3O2/c1-4(10)6(8,9)2-5(11)3-7/h2-3H2,1H3. The summed E-state index contributed by atoms with van der Waals surface area (Å²) in [7, 11) is 0. The molecule has 0 spiro atoms. The van der Waals surface area contributed by atoms with Crippen molar-refractivity contribution in [2.24, 2.45) is 0 Å². The Morgan fingerprint density at radius 2 is 1.82 bits per heavy atom. The fourth-order valence-corrected chi connectivity index (χ4v) is 1.54. The Morgan fingerprint density at radius 1 is 1.36 bits per heavy atom. The lowest BCUT2D eigenvalue weighted by Gasteiger charge is -2.14. The average Bonchev–Trinajstić information content (AvgIpc) is 1.86. The van der Waals surface area contributed by atoms with E-state index in [2.05, 4.69) is 0 Å². The maximum absolute atomic E-state index is 11.0. The van der Waals surface area contributed by atoms with Gasteiger partial charge < -0.3 is 0 Å². The molecule has 0 amide bonds. The molecular weight excluding hydrogens is 485 g/mol. The molecule has 0 aromatic rings. The zero-order valence-corrected chi connectivity index (χ0v) is 12.3. The van der Waals surface area contributed by atoms with Gasteiger partial charge in [0, 0.05) is 6.42 Å². The summed E-state index contributed by atoms with van der Waals surface area (Å²) in [5.41, 5.74) is 0. The number of carbonyl (C=O) groups excluding carboxylic acids is 2. The van der Waals surface area contributed by atoms with Crippen LogP contribution in [0.1, 0.15) is 13.3 Å². The molecule has 64 valence electrons. The predicted molar refractivity (Wildman–Crippen MR) is 70.0 cm³/mol. The minimum Gasteiger partial charge on any atom is -0.299 e. The lowest BCUT2D eigenvalue weighted by Crippen LogP contribution is -2.25. The first-order valence-electron chi connectivity index (χ1n) is 2.86. The van der Waals surface area contributed by atoms with Crippen molar-refractivity contribution < 1.29 is 9.59 Å². The van der Waals surface area contributed by atoms with Crippen molar-refractivity contribution in [2.75, 3.05) is 4.43 Å².